The number of benzene rings is 1. The van der Waals surface area contributed by atoms with Crippen molar-refractivity contribution in [2.24, 2.45) is 7.05 Å². The minimum absolute atomic E-state index is 0.222. The van der Waals surface area contributed by atoms with Gasteiger partial charge in [-0.1, -0.05) is 33.3 Å². The molecule has 2 aromatic rings. The number of ether oxygens (including phenoxy) is 2. The van der Waals surface area contributed by atoms with Crippen molar-refractivity contribution in [3.8, 4) is 0 Å². The molecule has 1 fully saturated rings. The maximum Gasteiger partial charge on any atom is 0.329 e. The van der Waals surface area contributed by atoms with Gasteiger partial charge >= 0.3 is 6.03 Å². The van der Waals surface area contributed by atoms with Crippen LogP contribution in [0.2, 0.25) is 0 Å². The molecule has 8 heteroatoms. The number of carbonyl (C=O) groups excluding carboxylic acids is 1. The van der Waals surface area contributed by atoms with E-state index in [1.807, 2.05) is 38.6 Å². The molecule has 2 N–H and O–H groups in total. The van der Waals surface area contributed by atoms with Gasteiger partial charge in [-0.05, 0) is 67.9 Å². The number of amides is 2. The highest BCUT2D eigenvalue weighted by molar-refractivity contribution is 7.97. The summed E-state index contributed by atoms with van der Waals surface area (Å²) in [5, 5.41) is 8.42. The summed E-state index contributed by atoms with van der Waals surface area (Å²) >= 11 is 1.22. The standard InChI is InChI=1S/C23H32N4O3S.C2H6/c1-5-8-17-15(3)11-16-9-7-10-18(16)21(17)24-22(28)26-31-20-12-19(27(4)25-20)23(30-6-2)13-29-14-23;1-2/h11-12H,5-10,13-14H2,1-4H3,(H2,24,26,28);1-2H3. The Kier molecular flexibility index (Phi) is 8.84. The van der Waals surface area contributed by atoms with Gasteiger partial charge in [0.2, 0.25) is 0 Å². The largest absolute Gasteiger partial charge is 0.374 e. The predicted octanol–water partition coefficient (Wildman–Crippen LogP) is 5.29. The quantitative estimate of drug-likeness (QED) is 0.509. The van der Waals surface area contributed by atoms with Crippen molar-refractivity contribution < 1.29 is 14.3 Å². The summed E-state index contributed by atoms with van der Waals surface area (Å²) in [5.41, 5.74) is 6.74. The van der Waals surface area contributed by atoms with Crippen LogP contribution in [0.15, 0.2) is 17.2 Å². The first kappa shape index (κ1) is 25.6. The summed E-state index contributed by atoms with van der Waals surface area (Å²) in [6.45, 7) is 12.0. The first-order valence-electron chi connectivity index (χ1n) is 12.1. The normalized spacial score (nSPS) is 15.8. The van der Waals surface area contributed by atoms with Gasteiger partial charge in [-0.25, -0.2) is 4.79 Å². The van der Waals surface area contributed by atoms with E-state index < -0.39 is 5.60 Å². The molecule has 2 amide bonds. The van der Waals surface area contributed by atoms with Crippen molar-refractivity contribution in [3.63, 3.8) is 0 Å². The Balaban J connectivity index is 0.00000149. The Morgan fingerprint density at radius 3 is 2.67 bits per heavy atom. The number of nitrogens with one attached hydrogen (secondary N) is 2. The number of hydrogen-bond acceptors (Lipinski definition) is 5. The van der Waals surface area contributed by atoms with Gasteiger partial charge in [-0.2, -0.15) is 5.10 Å². The molecule has 0 unspecified atom stereocenters. The van der Waals surface area contributed by atoms with E-state index in [2.05, 4.69) is 35.1 Å². The lowest BCUT2D eigenvalue weighted by Gasteiger charge is -2.40. The van der Waals surface area contributed by atoms with Gasteiger partial charge in [0.25, 0.3) is 0 Å². The minimum atomic E-state index is -0.436. The third-order valence-corrected chi connectivity index (χ3v) is 6.83. The number of fused-ring (bicyclic) bond motifs is 1. The number of carbonyl (C=O) groups is 1. The zero-order valence-electron chi connectivity index (χ0n) is 20.8. The number of rotatable bonds is 8. The first-order valence-corrected chi connectivity index (χ1v) is 12.9. The highest BCUT2D eigenvalue weighted by Gasteiger charge is 2.44. The monoisotopic (exact) mass is 474 g/mol. The molecular weight excluding hydrogens is 436 g/mol. The van der Waals surface area contributed by atoms with E-state index in [9.17, 15) is 4.79 Å². The van der Waals surface area contributed by atoms with Crippen LogP contribution in [0.4, 0.5) is 10.5 Å². The molecule has 1 aliphatic carbocycles. The van der Waals surface area contributed by atoms with Crippen LogP contribution < -0.4 is 10.0 Å². The molecule has 0 saturated carbocycles. The van der Waals surface area contributed by atoms with Gasteiger partial charge in [0.15, 0.2) is 5.60 Å². The summed E-state index contributed by atoms with van der Waals surface area (Å²) in [4.78, 5) is 12.8. The van der Waals surface area contributed by atoms with Crippen LogP contribution in [0.1, 0.15) is 68.5 Å². The third-order valence-electron chi connectivity index (χ3n) is 6.13. The molecule has 33 heavy (non-hydrogen) atoms. The van der Waals surface area contributed by atoms with Crippen molar-refractivity contribution in [3.05, 3.63) is 40.1 Å². The van der Waals surface area contributed by atoms with E-state index in [1.165, 1.54) is 34.2 Å². The van der Waals surface area contributed by atoms with Crippen molar-refractivity contribution in [2.45, 2.75) is 77.3 Å². The topological polar surface area (TPSA) is 77.4 Å². The second-order valence-electron chi connectivity index (χ2n) is 8.36. The van der Waals surface area contributed by atoms with Gasteiger partial charge in [0.1, 0.15) is 5.03 Å². The van der Waals surface area contributed by atoms with Crippen LogP contribution in [-0.2, 0) is 41.4 Å². The lowest BCUT2D eigenvalue weighted by Crippen LogP contribution is -2.50. The number of aromatic nitrogens is 2. The fraction of sp³-hybridized carbons (Fsp3) is 0.600. The van der Waals surface area contributed by atoms with Crippen molar-refractivity contribution >= 4 is 23.7 Å². The molecule has 0 bridgehead atoms. The van der Waals surface area contributed by atoms with Crippen molar-refractivity contribution in [2.75, 3.05) is 25.1 Å². The number of urea groups is 1. The van der Waals surface area contributed by atoms with E-state index in [0.29, 0.717) is 19.8 Å². The lowest BCUT2D eigenvalue weighted by atomic mass is 9.95. The molecule has 1 aromatic carbocycles. The zero-order chi connectivity index (χ0) is 24.0. The van der Waals surface area contributed by atoms with Crippen LogP contribution in [0.25, 0.3) is 0 Å². The van der Waals surface area contributed by atoms with Gasteiger partial charge < -0.3 is 14.8 Å². The van der Waals surface area contributed by atoms with Crippen molar-refractivity contribution in [1.82, 2.24) is 14.5 Å². The van der Waals surface area contributed by atoms with Gasteiger partial charge in [0.05, 0.1) is 18.9 Å². The Hall–Kier alpha value is -2.03. The Morgan fingerprint density at radius 2 is 2.03 bits per heavy atom. The maximum absolute atomic E-state index is 12.8. The molecule has 1 aromatic heterocycles. The van der Waals surface area contributed by atoms with E-state index in [1.54, 1.807) is 0 Å². The fourth-order valence-corrected chi connectivity index (χ4v) is 5.27. The van der Waals surface area contributed by atoms with Crippen LogP contribution >= 0.6 is 11.9 Å². The molecule has 1 saturated heterocycles. The smallest absolute Gasteiger partial charge is 0.329 e. The second-order valence-corrected chi connectivity index (χ2v) is 9.18. The van der Waals surface area contributed by atoms with E-state index in [0.717, 1.165) is 48.5 Å². The van der Waals surface area contributed by atoms with E-state index in [4.69, 9.17) is 9.47 Å². The molecule has 2 aliphatic rings. The van der Waals surface area contributed by atoms with Gasteiger partial charge in [-0.15, -0.1) is 0 Å². The zero-order valence-corrected chi connectivity index (χ0v) is 21.7. The van der Waals surface area contributed by atoms with Gasteiger partial charge in [-0.3, -0.25) is 9.40 Å². The number of nitrogens with zero attached hydrogens (tertiary/aromatic N) is 2. The number of anilines is 1. The SMILES string of the molecule is CC.CCCc1c(C)cc2c(c1NC(=O)NSc1cc(C3(OCC)COC3)n(C)n1)CCC2. The van der Waals surface area contributed by atoms with E-state index in [-0.39, 0.29) is 6.03 Å². The summed E-state index contributed by atoms with van der Waals surface area (Å²) in [6, 6.07) is 4.05. The summed E-state index contributed by atoms with van der Waals surface area (Å²) in [5.74, 6) is 0. The van der Waals surface area contributed by atoms with Crippen LogP contribution in [0.3, 0.4) is 0 Å². The molecule has 0 spiro atoms. The van der Waals surface area contributed by atoms with E-state index >= 15 is 0 Å². The Morgan fingerprint density at radius 1 is 1.27 bits per heavy atom. The Labute approximate surface area is 202 Å². The van der Waals surface area contributed by atoms with Crippen molar-refractivity contribution in [1.29, 1.82) is 0 Å². The average molecular weight is 475 g/mol. The van der Waals surface area contributed by atoms with Crippen LogP contribution in [0, 0.1) is 6.92 Å². The van der Waals surface area contributed by atoms with Crippen LogP contribution in [0.5, 0.6) is 0 Å². The molecule has 182 valence electrons. The minimum Gasteiger partial charge on any atom is -0.374 e. The highest BCUT2D eigenvalue weighted by atomic mass is 32.2. The fourth-order valence-electron chi connectivity index (χ4n) is 4.69. The predicted molar refractivity (Wildman–Crippen MR) is 134 cm³/mol. The molecule has 4 rings (SSSR count). The molecule has 1 aliphatic heterocycles. The molecular formula is C25H38N4O3S. The summed E-state index contributed by atoms with van der Waals surface area (Å²) < 4.78 is 16.1. The maximum atomic E-state index is 12.8. The molecule has 0 atom stereocenters. The lowest BCUT2D eigenvalue weighted by molar-refractivity contribution is -0.218. The van der Waals surface area contributed by atoms with Crippen LogP contribution in [-0.4, -0.2) is 35.6 Å². The third kappa shape index (κ3) is 5.39. The second kappa shape index (κ2) is 11.4. The number of hydrogen-bond donors (Lipinski definition) is 2. The first-order chi connectivity index (χ1) is 16.0. The molecule has 7 nitrogen and oxygen atoms in total. The summed E-state index contributed by atoms with van der Waals surface area (Å²) in [7, 11) is 1.89. The molecule has 0 radical (unpaired) electrons. The Bertz CT molecular complexity index is 969. The molecule has 2 heterocycles. The highest BCUT2D eigenvalue weighted by Crippen LogP contribution is 2.36. The van der Waals surface area contributed by atoms with Gasteiger partial charge in [0, 0.05) is 31.3 Å². The summed E-state index contributed by atoms with van der Waals surface area (Å²) in [6.07, 6.45) is 5.28. The average Bonchev–Trinajstić information content (AvgIpc) is 3.39. The number of aryl methyl sites for hydroxylation is 3.